The van der Waals surface area contributed by atoms with Crippen LogP contribution < -0.4 is 0 Å². The summed E-state index contributed by atoms with van der Waals surface area (Å²) < 4.78 is 5.93. The average Bonchev–Trinajstić information content (AvgIpc) is 2.51. The van der Waals surface area contributed by atoms with Gasteiger partial charge in [0.25, 0.3) is 0 Å². The predicted octanol–water partition coefficient (Wildman–Crippen LogP) is 5.58. The molecule has 0 N–H and O–H groups in total. The maximum Gasteiger partial charge on any atom is 0.0761 e. The number of allylic oxidation sites excluding steroid dienone is 4. The normalized spacial score (nSPS) is 13.8. The van der Waals surface area contributed by atoms with Gasteiger partial charge in [0.15, 0.2) is 0 Å². The molecule has 122 valence electrons. The van der Waals surface area contributed by atoms with Gasteiger partial charge >= 0.3 is 0 Å². The molecule has 0 saturated heterocycles. The second-order valence-corrected chi connectivity index (χ2v) is 6.84. The van der Waals surface area contributed by atoms with E-state index in [1.54, 1.807) is 0 Å². The number of rotatable bonds is 6. The second kappa shape index (κ2) is 8.56. The number of terminal acetylenes is 1. The Hall–Kier alpha value is -2.04. The lowest BCUT2D eigenvalue weighted by Gasteiger charge is -2.19. The molecule has 0 radical (unpaired) electrons. The maximum atomic E-state index is 5.93. The lowest BCUT2D eigenvalue weighted by molar-refractivity contribution is 0.0766. The summed E-state index contributed by atoms with van der Waals surface area (Å²) in [5.74, 6) is 2.49. The largest absolute Gasteiger partial charge is 0.369 e. The van der Waals surface area contributed by atoms with Gasteiger partial charge in [-0.15, -0.1) is 6.42 Å². The quantitative estimate of drug-likeness (QED) is 0.492. The van der Waals surface area contributed by atoms with E-state index >= 15 is 0 Å². The van der Waals surface area contributed by atoms with E-state index in [1.165, 1.54) is 11.1 Å². The zero-order chi connectivity index (χ0) is 17.5. The Kier molecular flexibility index (Phi) is 7.07. The molecule has 0 aromatic heterocycles. The van der Waals surface area contributed by atoms with Crippen LogP contribution in [0.1, 0.15) is 45.7 Å². The van der Waals surface area contributed by atoms with Crippen molar-refractivity contribution in [1.29, 1.82) is 0 Å². The van der Waals surface area contributed by atoms with Gasteiger partial charge in [-0.25, -0.2) is 0 Å². The molecule has 0 aliphatic rings. The summed E-state index contributed by atoms with van der Waals surface area (Å²) in [7, 11) is 0. The number of hydrogen-bond donors (Lipinski definition) is 0. The molecule has 1 nitrogen and oxygen atoms in total. The zero-order valence-corrected chi connectivity index (χ0v) is 15.0. The summed E-state index contributed by atoms with van der Waals surface area (Å²) in [6.45, 7) is 15.1. The molecule has 0 heterocycles. The third kappa shape index (κ3) is 6.72. The molecule has 0 aliphatic carbocycles. The Bertz CT molecular complexity index is 615. The van der Waals surface area contributed by atoms with Crippen LogP contribution in [0.5, 0.6) is 0 Å². The van der Waals surface area contributed by atoms with Crippen LogP contribution in [0.15, 0.2) is 60.2 Å². The van der Waals surface area contributed by atoms with Crippen LogP contribution in [-0.4, -0.2) is 6.10 Å². The summed E-state index contributed by atoms with van der Waals surface area (Å²) in [6.07, 6.45) is 11.1. The Morgan fingerprint density at radius 2 is 1.91 bits per heavy atom. The highest BCUT2D eigenvalue weighted by Gasteiger charge is 2.13. The summed E-state index contributed by atoms with van der Waals surface area (Å²) in [4.78, 5) is 0. The van der Waals surface area contributed by atoms with Crippen molar-refractivity contribution < 1.29 is 4.74 Å². The van der Waals surface area contributed by atoms with Crippen molar-refractivity contribution in [3.63, 3.8) is 0 Å². The summed E-state index contributed by atoms with van der Waals surface area (Å²) in [5.41, 5.74) is 4.53. The molecule has 1 atom stereocenters. The highest BCUT2D eigenvalue weighted by atomic mass is 16.5. The second-order valence-electron chi connectivity index (χ2n) is 6.84. The third-order valence-corrected chi connectivity index (χ3v) is 3.80. The Balaban J connectivity index is 2.57. The van der Waals surface area contributed by atoms with Crippen molar-refractivity contribution in [2.24, 2.45) is 0 Å². The van der Waals surface area contributed by atoms with Crippen molar-refractivity contribution in [2.45, 2.75) is 52.7 Å². The first kappa shape index (κ1) is 19.0. The summed E-state index contributed by atoms with van der Waals surface area (Å²) in [6, 6.07) is 8.65. The molecule has 1 aromatic rings. The Morgan fingerprint density at radius 1 is 1.30 bits per heavy atom. The molecule has 0 bridgehead atoms. The topological polar surface area (TPSA) is 9.23 Å². The molecule has 0 amide bonds. The van der Waals surface area contributed by atoms with Crippen molar-refractivity contribution in [1.82, 2.24) is 0 Å². The summed E-state index contributed by atoms with van der Waals surface area (Å²) >= 11 is 0. The molecular formula is C22H28O. The van der Waals surface area contributed by atoms with Gasteiger partial charge in [0.2, 0.25) is 0 Å². The van der Waals surface area contributed by atoms with Gasteiger partial charge in [0.05, 0.1) is 12.7 Å². The van der Waals surface area contributed by atoms with Crippen molar-refractivity contribution >= 4 is 0 Å². The van der Waals surface area contributed by atoms with E-state index < -0.39 is 0 Å². The lowest BCUT2D eigenvalue weighted by Crippen LogP contribution is -2.12. The van der Waals surface area contributed by atoms with Crippen molar-refractivity contribution in [3.8, 4) is 12.3 Å². The number of benzene rings is 1. The fourth-order valence-electron chi connectivity index (χ4n) is 1.95. The lowest BCUT2D eigenvalue weighted by atomic mass is 9.87. The third-order valence-electron chi connectivity index (χ3n) is 3.80. The minimum atomic E-state index is 0.0565. The predicted molar refractivity (Wildman–Crippen MR) is 100 cm³/mol. The molecule has 0 fully saturated rings. The smallest absolute Gasteiger partial charge is 0.0761 e. The van der Waals surface area contributed by atoms with Crippen LogP contribution in [0.2, 0.25) is 0 Å². The fourth-order valence-corrected chi connectivity index (χ4v) is 1.95. The van der Waals surface area contributed by atoms with Crippen LogP contribution in [-0.2, 0) is 16.8 Å². The molecule has 0 aliphatic heterocycles. The van der Waals surface area contributed by atoms with E-state index in [-0.39, 0.29) is 11.5 Å². The first-order valence-electron chi connectivity index (χ1n) is 7.95. The van der Waals surface area contributed by atoms with Crippen LogP contribution in [0, 0.1) is 12.3 Å². The first-order chi connectivity index (χ1) is 10.7. The minimum absolute atomic E-state index is 0.0565. The highest BCUT2D eigenvalue weighted by Crippen LogP contribution is 2.22. The van der Waals surface area contributed by atoms with E-state index in [0.717, 1.165) is 5.57 Å². The Labute approximate surface area is 141 Å². The molecular weight excluding hydrogens is 280 g/mol. The number of hydrogen-bond acceptors (Lipinski definition) is 1. The van der Waals surface area contributed by atoms with Gasteiger partial charge in [-0.3, -0.25) is 0 Å². The van der Waals surface area contributed by atoms with E-state index in [2.05, 4.69) is 71.4 Å². The van der Waals surface area contributed by atoms with Gasteiger partial charge in [-0.2, -0.15) is 0 Å². The van der Waals surface area contributed by atoms with Crippen molar-refractivity contribution in [3.05, 3.63) is 71.3 Å². The van der Waals surface area contributed by atoms with Crippen LogP contribution in [0.3, 0.4) is 0 Å². The molecule has 23 heavy (non-hydrogen) atoms. The fraction of sp³-hybridized carbons (Fsp3) is 0.364. The van der Waals surface area contributed by atoms with E-state index in [9.17, 15) is 0 Å². The highest BCUT2D eigenvalue weighted by molar-refractivity contribution is 5.35. The van der Waals surface area contributed by atoms with Crippen molar-refractivity contribution in [2.75, 3.05) is 0 Å². The van der Waals surface area contributed by atoms with Crippen LogP contribution >= 0.6 is 0 Å². The van der Waals surface area contributed by atoms with Gasteiger partial charge in [-0.05, 0) is 42.0 Å². The molecule has 1 heteroatoms. The van der Waals surface area contributed by atoms with Gasteiger partial charge in [-0.1, -0.05) is 69.7 Å². The molecule has 0 spiro atoms. The molecule has 1 aromatic carbocycles. The van der Waals surface area contributed by atoms with Crippen LogP contribution in [0.4, 0.5) is 0 Å². The SMILES string of the molecule is C#CC(=C)/C=C\C=C(/C)C(C)OCc1ccc(C(C)(C)C)cc1. The monoisotopic (exact) mass is 308 g/mol. The zero-order valence-electron chi connectivity index (χ0n) is 15.0. The van der Waals surface area contributed by atoms with E-state index in [4.69, 9.17) is 11.2 Å². The van der Waals surface area contributed by atoms with Crippen LogP contribution in [0.25, 0.3) is 0 Å². The molecule has 1 unspecified atom stereocenters. The molecule has 0 saturated carbocycles. The van der Waals surface area contributed by atoms with E-state index in [0.29, 0.717) is 12.2 Å². The minimum Gasteiger partial charge on any atom is -0.369 e. The van der Waals surface area contributed by atoms with Gasteiger partial charge in [0.1, 0.15) is 0 Å². The average molecular weight is 308 g/mol. The molecule has 1 rings (SSSR count). The first-order valence-corrected chi connectivity index (χ1v) is 7.95. The number of ether oxygens (including phenoxy) is 1. The Morgan fingerprint density at radius 3 is 2.43 bits per heavy atom. The van der Waals surface area contributed by atoms with Gasteiger partial charge < -0.3 is 4.74 Å². The maximum absolute atomic E-state index is 5.93. The summed E-state index contributed by atoms with van der Waals surface area (Å²) in [5, 5.41) is 0. The van der Waals surface area contributed by atoms with Gasteiger partial charge in [0, 0.05) is 5.57 Å². The standard InChI is InChI=1S/C22H28O/c1-8-17(2)10-9-11-18(3)19(4)23-16-20-12-14-21(15-13-20)22(5,6)7/h1,9-15,19H,2,16H2,3-7H3/b10-9-,18-11+. The van der Waals surface area contributed by atoms with E-state index in [1.807, 2.05) is 18.2 Å².